The van der Waals surface area contributed by atoms with Gasteiger partial charge in [-0.2, -0.15) is 0 Å². The summed E-state index contributed by atoms with van der Waals surface area (Å²) < 4.78 is 15.7. The highest BCUT2D eigenvalue weighted by molar-refractivity contribution is 7.36. The molecule has 2 unspecified atom stereocenters. The van der Waals surface area contributed by atoms with E-state index in [2.05, 4.69) is 9.61 Å². The molecule has 4 heteroatoms. The molecule has 0 saturated heterocycles. The Morgan fingerprint density at radius 1 is 1.38 bits per heavy atom. The first-order valence-corrected chi connectivity index (χ1v) is 5.24. The highest BCUT2D eigenvalue weighted by Crippen LogP contribution is 2.22. The van der Waals surface area contributed by atoms with Gasteiger partial charge in [-0.05, 0) is 17.1 Å². The molecule has 0 aromatic heterocycles. The Labute approximate surface area is 79.0 Å². The highest BCUT2D eigenvalue weighted by Gasteiger charge is 2.19. The molecule has 1 rings (SSSR count). The first kappa shape index (κ1) is 10.3. The average Bonchev–Trinajstić information content (AvgIpc) is 2.19. The minimum Gasteiger partial charge on any atom is -0.133 e. The summed E-state index contributed by atoms with van der Waals surface area (Å²) in [6.07, 6.45) is 0. The van der Waals surface area contributed by atoms with E-state index in [0.29, 0.717) is 0 Å². The van der Waals surface area contributed by atoms with Crippen LogP contribution in [0.3, 0.4) is 0 Å². The number of hydrogen-bond acceptors (Lipinski definition) is 2. The molecule has 3 nitrogen and oxygen atoms in total. The van der Waals surface area contributed by atoms with Crippen LogP contribution in [0.4, 0.5) is 0 Å². The number of nitrogens with one attached hydrogen (secondary N) is 1. The molecule has 0 spiro atoms. The fraction of sp³-hybridized carbons (Fsp3) is 0.333. The first-order chi connectivity index (χ1) is 6.24. The summed E-state index contributed by atoms with van der Waals surface area (Å²) in [5.41, 5.74) is 1.10. The van der Waals surface area contributed by atoms with E-state index >= 15 is 0 Å². The Morgan fingerprint density at radius 3 is 2.54 bits per heavy atom. The maximum absolute atomic E-state index is 11.0. The summed E-state index contributed by atoms with van der Waals surface area (Å²) in [7, 11) is -0.321. The minimum atomic E-state index is -1.74. The Morgan fingerprint density at radius 2 is 2.00 bits per heavy atom. The predicted octanol–water partition coefficient (Wildman–Crippen LogP) is 2.64. The van der Waals surface area contributed by atoms with Crippen molar-refractivity contribution >= 4 is 8.18 Å². The largest absolute Gasteiger partial charge is 0.613 e. The van der Waals surface area contributed by atoms with Gasteiger partial charge in [0.25, 0.3) is 0 Å². The second kappa shape index (κ2) is 5.07. The van der Waals surface area contributed by atoms with Crippen molar-refractivity contribution in [3.8, 4) is 0 Å². The maximum atomic E-state index is 11.0. The van der Waals surface area contributed by atoms with Crippen molar-refractivity contribution in [2.45, 2.75) is 13.0 Å². The van der Waals surface area contributed by atoms with Crippen LogP contribution in [0, 0.1) is 0 Å². The molecule has 2 atom stereocenters. The standard InChI is InChI=1S/C9H13NO2P/c1-8(10-13(11)12-2)9-6-4-3-5-7-9/h3-8H,1-2H3,(H,10,11)/q+1. The zero-order valence-corrected chi connectivity index (χ0v) is 8.62. The van der Waals surface area contributed by atoms with Crippen LogP contribution < -0.4 is 5.09 Å². The summed E-state index contributed by atoms with van der Waals surface area (Å²) in [6.45, 7) is 1.95. The van der Waals surface area contributed by atoms with Gasteiger partial charge in [-0.25, -0.2) is 0 Å². The Kier molecular flexibility index (Phi) is 4.03. The molecule has 0 aliphatic heterocycles. The zero-order valence-electron chi connectivity index (χ0n) is 7.73. The quantitative estimate of drug-likeness (QED) is 0.756. The summed E-state index contributed by atoms with van der Waals surface area (Å²) >= 11 is 0. The lowest BCUT2D eigenvalue weighted by molar-refractivity contribution is 0.399. The molecule has 1 N–H and O–H groups in total. The van der Waals surface area contributed by atoms with Crippen LogP contribution in [0.5, 0.6) is 0 Å². The van der Waals surface area contributed by atoms with Gasteiger partial charge in [0.05, 0.1) is 13.2 Å². The Hall–Kier alpha value is -0.760. The molecular weight excluding hydrogens is 185 g/mol. The van der Waals surface area contributed by atoms with Gasteiger partial charge >= 0.3 is 8.18 Å². The van der Waals surface area contributed by atoms with Gasteiger partial charge in [0.15, 0.2) is 0 Å². The van der Waals surface area contributed by atoms with Crippen LogP contribution in [0.1, 0.15) is 18.5 Å². The van der Waals surface area contributed by atoms with Gasteiger partial charge in [0.1, 0.15) is 0 Å². The highest BCUT2D eigenvalue weighted by atomic mass is 31.1. The van der Waals surface area contributed by atoms with Crippen LogP contribution >= 0.6 is 8.18 Å². The van der Waals surface area contributed by atoms with Crippen molar-refractivity contribution in [2.24, 2.45) is 0 Å². The van der Waals surface area contributed by atoms with Crippen molar-refractivity contribution in [1.82, 2.24) is 5.09 Å². The third-order valence-electron chi connectivity index (χ3n) is 1.76. The van der Waals surface area contributed by atoms with E-state index in [-0.39, 0.29) is 6.04 Å². The van der Waals surface area contributed by atoms with Crippen molar-refractivity contribution in [2.75, 3.05) is 7.11 Å². The summed E-state index contributed by atoms with van der Waals surface area (Å²) in [4.78, 5) is 0. The van der Waals surface area contributed by atoms with E-state index in [1.54, 1.807) is 0 Å². The summed E-state index contributed by atoms with van der Waals surface area (Å²) in [5.74, 6) is 0. The minimum absolute atomic E-state index is 0.0461. The number of benzene rings is 1. The molecule has 1 aromatic rings. The molecule has 0 aliphatic carbocycles. The number of rotatable bonds is 4. The molecule has 0 heterocycles. The molecule has 0 bridgehead atoms. The SMILES string of the molecule is CO[P+](=O)NC(C)c1ccccc1. The van der Waals surface area contributed by atoms with Crippen molar-refractivity contribution in [1.29, 1.82) is 0 Å². The molecule has 13 heavy (non-hydrogen) atoms. The molecule has 70 valence electrons. The smallest absolute Gasteiger partial charge is 0.133 e. The van der Waals surface area contributed by atoms with Crippen LogP contribution in [-0.2, 0) is 9.09 Å². The van der Waals surface area contributed by atoms with Gasteiger partial charge in [-0.3, -0.25) is 0 Å². The molecule has 0 fully saturated rings. The average molecular weight is 198 g/mol. The molecule has 0 aliphatic rings. The predicted molar refractivity (Wildman–Crippen MR) is 52.6 cm³/mol. The van der Waals surface area contributed by atoms with Gasteiger partial charge in [-0.15, -0.1) is 4.52 Å². The summed E-state index contributed by atoms with van der Waals surface area (Å²) in [5, 5.41) is 2.83. The zero-order chi connectivity index (χ0) is 9.68. The van der Waals surface area contributed by atoms with E-state index in [4.69, 9.17) is 0 Å². The fourth-order valence-electron chi connectivity index (χ4n) is 1.03. The van der Waals surface area contributed by atoms with Crippen molar-refractivity contribution in [3.63, 3.8) is 0 Å². The Balaban J connectivity index is 2.59. The second-order valence-corrected chi connectivity index (χ2v) is 3.84. The van der Waals surface area contributed by atoms with E-state index in [0.717, 1.165) is 5.56 Å². The number of hydrogen-bond donors (Lipinski definition) is 1. The lowest BCUT2D eigenvalue weighted by Gasteiger charge is -2.04. The second-order valence-electron chi connectivity index (χ2n) is 2.70. The van der Waals surface area contributed by atoms with Gasteiger partial charge in [0, 0.05) is 0 Å². The topological polar surface area (TPSA) is 38.3 Å². The van der Waals surface area contributed by atoms with Crippen LogP contribution in [-0.4, -0.2) is 7.11 Å². The third-order valence-corrected chi connectivity index (χ3v) is 2.69. The molecular formula is C9H13NO2P+. The molecule has 0 amide bonds. The van der Waals surface area contributed by atoms with E-state index in [1.807, 2.05) is 37.3 Å². The van der Waals surface area contributed by atoms with Crippen molar-refractivity contribution < 1.29 is 9.09 Å². The maximum Gasteiger partial charge on any atom is 0.613 e. The van der Waals surface area contributed by atoms with Gasteiger partial charge in [-0.1, -0.05) is 35.4 Å². The van der Waals surface area contributed by atoms with E-state index in [9.17, 15) is 4.57 Å². The molecule has 0 saturated carbocycles. The van der Waals surface area contributed by atoms with Crippen LogP contribution in [0.15, 0.2) is 30.3 Å². The van der Waals surface area contributed by atoms with E-state index in [1.165, 1.54) is 7.11 Å². The molecule has 0 radical (unpaired) electrons. The molecule has 1 aromatic carbocycles. The first-order valence-electron chi connectivity index (χ1n) is 4.06. The Bertz CT molecular complexity index is 276. The van der Waals surface area contributed by atoms with Crippen LogP contribution in [0.2, 0.25) is 0 Å². The third kappa shape index (κ3) is 3.23. The monoisotopic (exact) mass is 198 g/mol. The van der Waals surface area contributed by atoms with E-state index < -0.39 is 8.18 Å². The van der Waals surface area contributed by atoms with Gasteiger partial charge < -0.3 is 0 Å². The lowest BCUT2D eigenvalue weighted by atomic mass is 10.1. The van der Waals surface area contributed by atoms with Crippen molar-refractivity contribution in [3.05, 3.63) is 35.9 Å². The lowest BCUT2D eigenvalue weighted by Crippen LogP contribution is -2.10. The summed E-state index contributed by atoms with van der Waals surface area (Å²) in [6, 6.07) is 9.87. The fourth-order valence-corrected chi connectivity index (χ4v) is 1.60. The normalized spacial score (nSPS) is 13.8. The van der Waals surface area contributed by atoms with Crippen LogP contribution in [0.25, 0.3) is 0 Å². The van der Waals surface area contributed by atoms with Gasteiger partial charge in [0.2, 0.25) is 0 Å².